The van der Waals surface area contributed by atoms with Gasteiger partial charge < -0.3 is 4.90 Å². The number of hydrogen-bond donors (Lipinski definition) is 0. The van der Waals surface area contributed by atoms with E-state index in [4.69, 9.17) is 0 Å². The van der Waals surface area contributed by atoms with Gasteiger partial charge in [0.2, 0.25) is 5.91 Å². The van der Waals surface area contributed by atoms with E-state index < -0.39 is 0 Å². The molecule has 0 spiro atoms. The average Bonchev–Trinajstić information content (AvgIpc) is 3.12. The van der Waals surface area contributed by atoms with Gasteiger partial charge >= 0.3 is 0 Å². The Kier molecular flexibility index (Phi) is 5.76. The number of thioether (sulfide) groups is 1. The maximum Gasteiger partial charge on any atom is 0.231 e. The van der Waals surface area contributed by atoms with E-state index in [1.807, 2.05) is 30.0 Å². The Hall–Kier alpha value is -1.74. The van der Waals surface area contributed by atoms with E-state index in [1.54, 1.807) is 0 Å². The standard InChI is InChI=1S/C23H29NOS/c1-5-20(17-9-7-6-8-10-17)21(25)24-15-16-26-22(24)18-11-13-19(14-12-18)23(2,3)4/h6-14,20,22H,5,15-16H2,1-4H3/t20-,22+/m1/s1. The number of amides is 1. The number of carbonyl (C=O) groups is 1. The smallest absolute Gasteiger partial charge is 0.231 e. The molecule has 138 valence electrons. The molecule has 1 fully saturated rings. The van der Waals surface area contributed by atoms with Crippen molar-refractivity contribution in [3.63, 3.8) is 0 Å². The molecule has 0 N–H and O–H groups in total. The highest BCUT2D eigenvalue weighted by molar-refractivity contribution is 7.99. The summed E-state index contributed by atoms with van der Waals surface area (Å²) >= 11 is 1.87. The van der Waals surface area contributed by atoms with Crippen molar-refractivity contribution in [2.45, 2.75) is 50.8 Å². The lowest BCUT2D eigenvalue weighted by molar-refractivity contribution is -0.133. The van der Waals surface area contributed by atoms with Crippen LogP contribution in [-0.4, -0.2) is 23.1 Å². The van der Waals surface area contributed by atoms with Crippen LogP contribution in [0.5, 0.6) is 0 Å². The van der Waals surface area contributed by atoms with Crippen LogP contribution in [0.2, 0.25) is 0 Å². The molecule has 2 aromatic rings. The van der Waals surface area contributed by atoms with Gasteiger partial charge in [-0.1, -0.05) is 82.3 Å². The summed E-state index contributed by atoms with van der Waals surface area (Å²) in [6.07, 6.45) is 0.833. The van der Waals surface area contributed by atoms with Crippen molar-refractivity contribution in [1.29, 1.82) is 0 Å². The van der Waals surface area contributed by atoms with E-state index in [-0.39, 0.29) is 22.6 Å². The van der Waals surface area contributed by atoms with Crippen LogP contribution in [0.25, 0.3) is 0 Å². The summed E-state index contributed by atoms with van der Waals surface area (Å²) < 4.78 is 0. The maximum absolute atomic E-state index is 13.3. The van der Waals surface area contributed by atoms with Crippen LogP contribution in [0.3, 0.4) is 0 Å². The van der Waals surface area contributed by atoms with Crippen LogP contribution < -0.4 is 0 Å². The Bertz CT molecular complexity index is 733. The Morgan fingerprint density at radius 2 is 1.77 bits per heavy atom. The van der Waals surface area contributed by atoms with Gasteiger partial charge in [-0.15, -0.1) is 11.8 Å². The molecule has 1 heterocycles. The average molecular weight is 368 g/mol. The Balaban J connectivity index is 1.82. The van der Waals surface area contributed by atoms with E-state index in [9.17, 15) is 4.79 Å². The van der Waals surface area contributed by atoms with Crippen LogP contribution in [0, 0.1) is 0 Å². The number of hydrogen-bond acceptors (Lipinski definition) is 2. The number of benzene rings is 2. The summed E-state index contributed by atoms with van der Waals surface area (Å²) in [5.41, 5.74) is 3.84. The van der Waals surface area contributed by atoms with Gasteiger partial charge in [-0.25, -0.2) is 0 Å². The van der Waals surface area contributed by atoms with Gasteiger partial charge in [-0.05, 0) is 28.5 Å². The van der Waals surface area contributed by atoms with Crippen LogP contribution >= 0.6 is 11.8 Å². The molecule has 1 amide bonds. The highest BCUT2D eigenvalue weighted by Gasteiger charge is 2.34. The fourth-order valence-electron chi connectivity index (χ4n) is 3.56. The van der Waals surface area contributed by atoms with Gasteiger partial charge in [0.1, 0.15) is 5.37 Å². The lowest BCUT2D eigenvalue weighted by Gasteiger charge is -2.29. The summed E-state index contributed by atoms with van der Waals surface area (Å²) in [7, 11) is 0. The van der Waals surface area contributed by atoms with Crippen LogP contribution in [0.4, 0.5) is 0 Å². The van der Waals surface area contributed by atoms with E-state index in [0.29, 0.717) is 0 Å². The monoisotopic (exact) mass is 367 g/mol. The van der Waals surface area contributed by atoms with Crippen molar-refractivity contribution >= 4 is 17.7 Å². The molecular formula is C23H29NOS. The van der Waals surface area contributed by atoms with E-state index in [2.05, 4.69) is 69.0 Å². The van der Waals surface area contributed by atoms with Gasteiger partial charge in [0.05, 0.1) is 5.92 Å². The first-order valence-corrected chi connectivity index (χ1v) is 10.5. The third-order valence-corrected chi connectivity index (χ3v) is 6.40. The van der Waals surface area contributed by atoms with Crippen molar-refractivity contribution in [2.24, 2.45) is 0 Å². The number of rotatable bonds is 4. The molecule has 0 radical (unpaired) electrons. The molecule has 0 aromatic heterocycles. The molecule has 1 saturated heterocycles. The minimum absolute atomic E-state index is 0.0498. The molecule has 3 heteroatoms. The van der Waals surface area contributed by atoms with E-state index in [0.717, 1.165) is 24.3 Å². The van der Waals surface area contributed by atoms with Crippen molar-refractivity contribution in [3.05, 3.63) is 71.3 Å². The molecule has 26 heavy (non-hydrogen) atoms. The molecular weight excluding hydrogens is 338 g/mol. The van der Waals surface area contributed by atoms with Crippen LogP contribution in [0.1, 0.15) is 62.1 Å². The molecule has 2 nitrogen and oxygen atoms in total. The zero-order valence-corrected chi connectivity index (χ0v) is 17.1. The predicted molar refractivity (Wildman–Crippen MR) is 112 cm³/mol. The van der Waals surface area contributed by atoms with Crippen molar-refractivity contribution in [3.8, 4) is 0 Å². The zero-order chi connectivity index (χ0) is 18.7. The maximum atomic E-state index is 13.3. The summed E-state index contributed by atoms with van der Waals surface area (Å²) in [6, 6.07) is 19.0. The fourth-order valence-corrected chi connectivity index (χ4v) is 4.82. The summed E-state index contributed by atoms with van der Waals surface area (Å²) in [5, 5.41) is 0.134. The second-order valence-corrected chi connectivity index (χ2v) is 9.19. The van der Waals surface area contributed by atoms with Crippen LogP contribution in [-0.2, 0) is 10.2 Å². The molecule has 0 unspecified atom stereocenters. The first kappa shape index (κ1) is 19.0. The second kappa shape index (κ2) is 7.87. The van der Waals surface area contributed by atoms with Crippen molar-refractivity contribution < 1.29 is 4.79 Å². The second-order valence-electron chi connectivity index (χ2n) is 8.00. The van der Waals surface area contributed by atoms with Gasteiger partial charge in [0.15, 0.2) is 0 Å². The minimum Gasteiger partial charge on any atom is -0.325 e. The third-order valence-electron chi connectivity index (χ3n) is 5.14. The van der Waals surface area contributed by atoms with Crippen molar-refractivity contribution in [2.75, 3.05) is 12.3 Å². The molecule has 2 atom stereocenters. The number of carbonyl (C=O) groups excluding carboxylic acids is 1. The zero-order valence-electron chi connectivity index (χ0n) is 16.2. The molecule has 3 rings (SSSR count). The Morgan fingerprint density at radius 3 is 2.35 bits per heavy atom. The van der Waals surface area contributed by atoms with Gasteiger partial charge in [0.25, 0.3) is 0 Å². The molecule has 1 aliphatic heterocycles. The molecule has 0 bridgehead atoms. The quantitative estimate of drug-likeness (QED) is 0.685. The summed E-state index contributed by atoms with van der Waals surface area (Å²) in [5.74, 6) is 1.21. The van der Waals surface area contributed by atoms with E-state index >= 15 is 0 Å². The largest absolute Gasteiger partial charge is 0.325 e. The van der Waals surface area contributed by atoms with Crippen LogP contribution in [0.15, 0.2) is 54.6 Å². The third kappa shape index (κ3) is 3.98. The molecule has 0 aliphatic carbocycles. The van der Waals surface area contributed by atoms with Crippen molar-refractivity contribution in [1.82, 2.24) is 4.90 Å². The lowest BCUT2D eigenvalue weighted by atomic mass is 9.86. The summed E-state index contributed by atoms with van der Waals surface area (Å²) in [4.78, 5) is 15.4. The summed E-state index contributed by atoms with van der Waals surface area (Å²) in [6.45, 7) is 9.63. The van der Waals surface area contributed by atoms with Gasteiger partial charge in [-0.3, -0.25) is 4.79 Å². The first-order valence-electron chi connectivity index (χ1n) is 9.49. The minimum atomic E-state index is -0.0498. The molecule has 1 aliphatic rings. The lowest BCUT2D eigenvalue weighted by Crippen LogP contribution is -2.34. The molecule has 0 saturated carbocycles. The topological polar surface area (TPSA) is 20.3 Å². The molecule has 2 aromatic carbocycles. The predicted octanol–water partition coefficient (Wildman–Crippen LogP) is 5.75. The SMILES string of the molecule is CC[C@@H](C(=O)N1CCS[C@H]1c1ccc(C(C)(C)C)cc1)c1ccccc1. The highest BCUT2D eigenvalue weighted by atomic mass is 32.2. The first-order chi connectivity index (χ1) is 12.4. The Morgan fingerprint density at radius 1 is 1.12 bits per heavy atom. The van der Waals surface area contributed by atoms with Gasteiger partial charge in [-0.2, -0.15) is 0 Å². The number of nitrogens with zero attached hydrogens (tertiary/aromatic N) is 1. The fraction of sp³-hybridized carbons (Fsp3) is 0.435. The van der Waals surface area contributed by atoms with Gasteiger partial charge in [0, 0.05) is 12.3 Å². The Labute approximate surface area is 162 Å². The highest BCUT2D eigenvalue weighted by Crippen LogP contribution is 2.40. The normalized spacial score (nSPS) is 18.8. The van der Waals surface area contributed by atoms with E-state index in [1.165, 1.54) is 11.1 Å².